The molecule has 0 aliphatic heterocycles. The third-order valence-electron chi connectivity index (χ3n) is 2.15. The zero-order chi connectivity index (χ0) is 13.4. The van der Waals surface area contributed by atoms with Crippen LogP contribution in [0.4, 0.5) is 5.69 Å². The fourth-order valence-electron chi connectivity index (χ4n) is 1.30. The predicted octanol–water partition coefficient (Wildman–Crippen LogP) is 1.37. The van der Waals surface area contributed by atoms with Gasteiger partial charge in [0.05, 0.1) is 17.1 Å². The summed E-state index contributed by atoms with van der Waals surface area (Å²) in [6.07, 6.45) is 2.68. The van der Waals surface area contributed by atoms with Gasteiger partial charge in [-0.3, -0.25) is 14.9 Å². The van der Waals surface area contributed by atoms with Crippen LogP contribution in [0.3, 0.4) is 0 Å². The van der Waals surface area contributed by atoms with E-state index in [0.29, 0.717) is 18.7 Å². The molecule has 18 heavy (non-hydrogen) atoms. The highest BCUT2D eigenvalue weighted by molar-refractivity contribution is 5.92. The number of nitrogens with one attached hydrogen (secondary N) is 1. The Balaban J connectivity index is 2.66. The van der Waals surface area contributed by atoms with Gasteiger partial charge in [0.25, 0.3) is 5.69 Å². The molecule has 0 aliphatic carbocycles. The smallest absolute Gasteiger partial charge is 0.276 e. The van der Waals surface area contributed by atoms with Crippen molar-refractivity contribution in [2.75, 3.05) is 20.3 Å². The van der Waals surface area contributed by atoms with E-state index >= 15 is 0 Å². The fraction of sp³-hybridized carbons (Fsp3) is 0.250. The van der Waals surface area contributed by atoms with Crippen LogP contribution in [0.5, 0.6) is 0 Å². The van der Waals surface area contributed by atoms with E-state index < -0.39 is 4.92 Å². The number of amides is 1. The molecule has 0 unspecified atom stereocenters. The Morgan fingerprint density at radius 1 is 1.50 bits per heavy atom. The Hall–Kier alpha value is -2.21. The summed E-state index contributed by atoms with van der Waals surface area (Å²) in [5.41, 5.74) is 0.364. The monoisotopic (exact) mass is 250 g/mol. The van der Waals surface area contributed by atoms with Crippen molar-refractivity contribution in [3.63, 3.8) is 0 Å². The van der Waals surface area contributed by atoms with Crippen molar-refractivity contribution in [1.29, 1.82) is 0 Å². The topological polar surface area (TPSA) is 81.5 Å². The molecule has 1 N–H and O–H groups in total. The van der Waals surface area contributed by atoms with Gasteiger partial charge in [0.2, 0.25) is 5.91 Å². The standard InChI is InChI=1S/C12H14N2O4/c1-18-9-8-13-12(15)7-6-10-4-2-3-5-11(10)14(16)17/h2-7H,8-9H2,1H3,(H,13,15)/b7-6+. The highest BCUT2D eigenvalue weighted by Gasteiger charge is 2.09. The minimum Gasteiger partial charge on any atom is -0.383 e. The molecule has 0 fully saturated rings. The van der Waals surface area contributed by atoms with Gasteiger partial charge < -0.3 is 10.1 Å². The third-order valence-corrected chi connectivity index (χ3v) is 2.15. The number of nitro benzene ring substituents is 1. The summed E-state index contributed by atoms with van der Waals surface area (Å²) in [6, 6.07) is 6.23. The SMILES string of the molecule is COCCNC(=O)/C=C/c1ccccc1[N+](=O)[O-]. The summed E-state index contributed by atoms with van der Waals surface area (Å²) in [5, 5.41) is 13.3. The molecule has 6 heteroatoms. The minimum absolute atomic E-state index is 0.0292. The number of hydrogen-bond acceptors (Lipinski definition) is 4. The van der Waals surface area contributed by atoms with E-state index in [1.165, 1.54) is 25.3 Å². The molecule has 1 rings (SSSR count). The number of hydrogen-bond donors (Lipinski definition) is 1. The molecule has 1 amide bonds. The molecule has 0 radical (unpaired) electrons. The van der Waals surface area contributed by atoms with Gasteiger partial charge in [0.15, 0.2) is 0 Å². The van der Waals surface area contributed by atoms with E-state index in [4.69, 9.17) is 4.74 Å². The summed E-state index contributed by atoms with van der Waals surface area (Å²) in [7, 11) is 1.54. The average molecular weight is 250 g/mol. The molecular weight excluding hydrogens is 236 g/mol. The highest BCUT2D eigenvalue weighted by atomic mass is 16.6. The second-order valence-electron chi connectivity index (χ2n) is 3.43. The third kappa shape index (κ3) is 4.34. The van der Waals surface area contributed by atoms with Crippen LogP contribution in [0.1, 0.15) is 5.56 Å². The van der Waals surface area contributed by atoms with Gasteiger partial charge >= 0.3 is 0 Å². The van der Waals surface area contributed by atoms with Gasteiger partial charge in [-0.1, -0.05) is 12.1 Å². The quantitative estimate of drug-likeness (QED) is 0.358. The Bertz CT molecular complexity index is 457. The number of ether oxygens (including phenoxy) is 1. The molecule has 1 aromatic rings. The lowest BCUT2D eigenvalue weighted by atomic mass is 10.1. The van der Waals surface area contributed by atoms with Crippen LogP contribution >= 0.6 is 0 Å². The van der Waals surface area contributed by atoms with Gasteiger partial charge in [0.1, 0.15) is 0 Å². The van der Waals surface area contributed by atoms with Gasteiger partial charge in [-0.25, -0.2) is 0 Å². The summed E-state index contributed by atoms with van der Waals surface area (Å²) < 4.78 is 4.78. The number of methoxy groups -OCH3 is 1. The second kappa shape index (κ2) is 7.18. The van der Waals surface area contributed by atoms with Crippen molar-refractivity contribution in [3.05, 3.63) is 46.0 Å². The number of carbonyl (C=O) groups excluding carboxylic acids is 1. The zero-order valence-corrected chi connectivity index (χ0v) is 9.96. The molecule has 0 atom stereocenters. The van der Waals surface area contributed by atoms with E-state index in [9.17, 15) is 14.9 Å². The normalized spacial score (nSPS) is 10.5. The molecule has 0 saturated carbocycles. The second-order valence-corrected chi connectivity index (χ2v) is 3.43. The van der Waals surface area contributed by atoms with Crippen LogP contribution in [0.2, 0.25) is 0 Å². The molecule has 96 valence electrons. The Morgan fingerprint density at radius 3 is 2.89 bits per heavy atom. The first-order valence-corrected chi connectivity index (χ1v) is 5.33. The highest BCUT2D eigenvalue weighted by Crippen LogP contribution is 2.18. The van der Waals surface area contributed by atoms with Gasteiger partial charge in [-0.2, -0.15) is 0 Å². The molecule has 0 aromatic heterocycles. The van der Waals surface area contributed by atoms with Gasteiger partial charge in [-0.15, -0.1) is 0 Å². The molecule has 0 saturated heterocycles. The lowest BCUT2D eigenvalue weighted by Gasteiger charge is -2.00. The largest absolute Gasteiger partial charge is 0.383 e. The Kier molecular flexibility index (Phi) is 5.53. The first-order chi connectivity index (χ1) is 8.65. The van der Waals surface area contributed by atoms with E-state index in [-0.39, 0.29) is 11.6 Å². The van der Waals surface area contributed by atoms with E-state index in [1.807, 2.05) is 0 Å². The molecule has 0 aliphatic rings. The predicted molar refractivity (Wildman–Crippen MR) is 67.0 cm³/mol. The van der Waals surface area contributed by atoms with Crippen molar-refractivity contribution in [2.24, 2.45) is 0 Å². The molecular formula is C12H14N2O4. The van der Waals surface area contributed by atoms with Gasteiger partial charge in [0, 0.05) is 25.8 Å². The van der Waals surface area contributed by atoms with E-state index in [0.717, 1.165) is 0 Å². The number of carbonyl (C=O) groups is 1. The van der Waals surface area contributed by atoms with Crippen molar-refractivity contribution in [3.8, 4) is 0 Å². The number of para-hydroxylation sites is 1. The van der Waals surface area contributed by atoms with Crippen LogP contribution < -0.4 is 5.32 Å². The molecule has 1 aromatic carbocycles. The van der Waals surface area contributed by atoms with E-state index in [1.54, 1.807) is 18.2 Å². The lowest BCUT2D eigenvalue weighted by molar-refractivity contribution is -0.385. The van der Waals surface area contributed by atoms with Gasteiger partial charge in [-0.05, 0) is 12.1 Å². The number of rotatable bonds is 6. The van der Waals surface area contributed by atoms with Crippen molar-refractivity contribution >= 4 is 17.7 Å². The fourth-order valence-corrected chi connectivity index (χ4v) is 1.30. The molecule has 0 heterocycles. The molecule has 6 nitrogen and oxygen atoms in total. The number of nitro groups is 1. The summed E-state index contributed by atoms with van der Waals surface area (Å²) in [5.74, 6) is -0.315. The maximum absolute atomic E-state index is 11.3. The van der Waals surface area contributed by atoms with Crippen LogP contribution in [0, 0.1) is 10.1 Å². The minimum atomic E-state index is -0.484. The zero-order valence-electron chi connectivity index (χ0n) is 9.96. The van der Waals surface area contributed by atoms with Crippen LogP contribution in [-0.4, -0.2) is 31.1 Å². The van der Waals surface area contributed by atoms with Crippen LogP contribution in [0.25, 0.3) is 6.08 Å². The maximum atomic E-state index is 11.3. The first-order valence-electron chi connectivity index (χ1n) is 5.33. The Morgan fingerprint density at radius 2 is 2.22 bits per heavy atom. The molecule has 0 spiro atoms. The average Bonchev–Trinajstić information content (AvgIpc) is 2.37. The summed E-state index contributed by atoms with van der Waals surface area (Å²) in [4.78, 5) is 21.6. The van der Waals surface area contributed by atoms with E-state index in [2.05, 4.69) is 5.32 Å². The maximum Gasteiger partial charge on any atom is 0.276 e. The number of benzene rings is 1. The Labute approximate surface area is 104 Å². The van der Waals surface area contributed by atoms with Crippen molar-refractivity contribution < 1.29 is 14.5 Å². The lowest BCUT2D eigenvalue weighted by Crippen LogP contribution is -2.24. The van der Waals surface area contributed by atoms with Crippen molar-refractivity contribution in [1.82, 2.24) is 5.32 Å². The van der Waals surface area contributed by atoms with Crippen LogP contribution in [-0.2, 0) is 9.53 Å². The molecule has 0 bridgehead atoms. The van der Waals surface area contributed by atoms with Crippen LogP contribution in [0.15, 0.2) is 30.3 Å². The van der Waals surface area contributed by atoms with Crippen molar-refractivity contribution in [2.45, 2.75) is 0 Å². The summed E-state index contributed by atoms with van der Waals surface area (Å²) >= 11 is 0. The number of nitrogens with zero attached hydrogens (tertiary/aromatic N) is 1. The first kappa shape index (κ1) is 13.9. The summed E-state index contributed by atoms with van der Waals surface area (Å²) in [6.45, 7) is 0.821.